The molecule has 0 unspecified atom stereocenters. The van der Waals surface area contributed by atoms with Crippen molar-refractivity contribution in [2.75, 3.05) is 26.2 Å². The second-order valence-electron chi connectivity index (χ2n) is 5.92. The van der Waals surface area contributed by atoms with Gasteiger partial charge in [0, 0.05) is 25.0 Å². The highest BCUT2D eigenvalue weighted by Gasteiger charge is 2.35. The molecule has 0 aromatic rings. The number of likely N-dealkylation sites (tertiary alicyclic amines) is 2. The highest BCUT2D eigenvalue weighted by Crippen LogP contribution is 2.26. The van der Waals surface area contributed by atoms with Gasteiger partial charge in [0.15, 0.2) is 0 Å². The van der Waals surface area contributed by atoms with Gasteiger partial charge in [0.05, 0.1) is 0 Å². The molecule has 1 amide bonds. The zero-order valence-electron chi connectivity index (χ0n) is 11.5. The Morgan fingerprint density at radius 3 is 2.29 bits per heavy atom. The van der Waals surface area contributed by atoms with Crippen LogP contribution < -0.4 is 0 Å². The highest BCUT2D eigenvalue weighted by atomic mass is 16.2. The lowest BCUT2D eigenvalue weighted by Gasteiger charge is -2.42. The van der Waals surface area contributed by atoms with Gasteiger partial charge in [-0.2, -0.15) is 0 Å². The topological polar surface area (TPSA) is 23.6 Å². The number of nitrogens with zero attached hydrogens (tertiary/aromatic N) is 2. The molecule has 0 bridgehead atoms. The lowest BCUT2D eigenvalue weighted by atomic mass is 9.90. The maximum absolute atomic E-state index is 12.2. The molecule has 2 heterocycles. The molecule has 0 spiro atoms. The van der Waals surface area contributed by atoms with Crippen molar-refractivity contribution in [3.63, 3.8) is 0 Å². The van der Waals surface area contributed by atoms with Crippen LogP contribution in [-0.4, -0.2) is 47.9 Å². The SMILES string of the molecule is CCC1CN(C(=O)C2CCN(C(C)C)CC2)C1. The molecular formula is C14H26N2O. The van der Waals surface area contributed by atoms with E-state index in [2.05, 4.69) is 30.6 Å². The first-order valence-electron chi connectivity index (χ1n) is 7.14. The predicted molar refractivity (Wildman–Crippen MR) is 69.8 cm³/mol. The fourth-order valence-corrected chi connectivity index (χ4v) is 2.93. The van der Waals surface area contributed by atoms with E-state index < -0.39 is 0 Å². The van der Waals surface area contributed by atoms with Gasteiger partial charge < -0.3 is 9.80 Å². The molecule has 2 saturated heterocycles. The molecule has 3 nitrogen and oxygen atoms in total. The molecule has 0 radical (unpaired) electrons. The monoisotopic (exact) mass is 238 g/mol. The molecule has 17 heavy (non-hydrogen) atoms. The van der Waals surface area contributed by atoms with E-state index in [1.54, 1.807) is 0 Å². The first-order valence-corrected chi connectivity index (χ1v) is 7.14. The van der Waals surface area contributed by atoms with Crippen molar-refractivity contribution in [3.8, 4) is 0 Å². The molecule has 98 valence electrons. The largest absolute Gasteiger partial charge is 0.342 e. The smallest absolute Gasteiger partial charge is 0.225 e. The molecule has 3 heteroatoms. The number of hydrogen-bond donors (Lipinski definition) is 0. The fourth-order valence-electron chi connectivity index (χ4n) is 2.93. The van der Waals surface area contributed by atoms with Crippen LogP contribution in [-0.2, 0) is 4.79 Å². The van der Waals surface area contributed by atoms with Crippen LogP contribution in [0.3, 0.4) is 0 Å². The van der Waals surface area contributed by atoms with Crippen LogP contribution in [0.25, 0.3) is 0 Å². The summed E-state index contributed by atoms with van der Waals surface area (Å²) in [5.74, 6) is 1.51. The van der Waals surface area contributed by atoms with E-state index in [9.17, 15) is 4.79 Å². The minimum absolute atomic E-state index is 0.308. The van der Waals surface area contributed by atoms with E-state index in [0.29, 0.717) is 17.9 Å². The normalized spacial score (nSPS) is 24.1. The lowest BCUT2D eigenvalue weighted by molar-refractivity contribution is -0.143. The Kier molecular flexibility index (Phi) is 4.08. The number of carbonyl (C=O) groups excluding carboxylic acids is 1. The molecule has 0 atom stereocenters. The second-order valence-corrected chi connectivity index (χ2v) is 5.92. The summed E-state index contributed by atoms with van der Waals surface area (Å²) in [5.41, 5.74) is 0. The van der Waals surface area contributed by atoms with Crippen molar-refractivity contribution in [1.29, 1.82) is 0 Å². The van der Waals surface area contributed by atoms with Crippen LogP contribution in [0.15, 0.2) is 0 Å². The van der Waals surface area contributed by atoms with Gasteiger partial charge in [0.1, 0.15) is 0 Å². The van der Waals surface area contributed by atoms with E-state index in [0.717, 1.165) is 44.9 Å². The molecular weight excluding hydrogens is 212 g/mol. The Morgan fingerprint density at radius 2 is 1.82 bits per heavy atom. The van der Waals surface area contributed by atoms with Crippen LogP contribution in [0.5, 0.6) is 0 Å². The maximum atomic E-state index is 12.2. The quantitative estimate of drug-likeness (QED) is 0.750. The van der Waals surface area contributed by atoms with Gasteiger partial charge in [-0.15, -0.1) is 0 Å². The Balaban J connectivity index is 1.75. The summed E-state index contributed by atoms with van der Waals surface area (Å²) < 4.78 is 0. The van der Waals surface area contributed by atoms with Crippen LogP contribution in [0, 0.1) is 11.8 Å². The Morgan fingerprint density at radius 1 is 1.24 bits per heavy atom. The standard InChI is InChI=1S/C14H26N2O/c1-4-12-9-16(10-12)14(17)13-5-7-15(8-6-13)11(2)3/h11-13H,4-10H2,1-3H3. The number of carbonyl (C=O) groups is 1. The van der Waals surface area contributed by atoms with Crippen LogP contribution in [0.4, 0.5) is 0 Å². The van der Waals surface area contributed by atoms with Gasteiger partial charge in [-0.05, 0) is 52.1 Å². The Hall–Kier alpha value is -0.570. The molecule has 0 N–H and O–H groups in total. The van der Waals surface area contributed by atoms with Gasteiger partial charge in [0.2, 0.25) is 5.91 Å². The maximum Gasteiger partial charge on any atom is 0.225 e. The molecule has 2 aliphatic heterocycles. The van der Waals surface area contributed by atoms with E-state index in [-0.39, 0.29) is 0 Å². The average Bonchev–Trinajstić information content (AvgIpc) is 2.27. The fraction of sp³-hybridized carbons (Fsp3) is 0.929. The summed E-state index contributed by atoms with van der Waals surface area (Å²) in [6.07, 6.45) is 3.34. The summed E-state index contributed by atoms with van der Waals surface area (Å²) in [7, 11) is 0. The molecule has 0 aromatic heterocycles. The molecule has 2 fully saturated rings. The third-order valence-corrected chi connectivity index (χ3v) is 4.46. The Labute approximate surface area is 105 Å². The minimum Gasteiger partial charge on any atom is -0.342 e. The zero-order chi connectivity index (χ0) is 12.4. The second kappa shape index (κ2) is 5.38. The number of piperidine rings is 1. The van der Waals surface area contributed by atoms with Crippen molar-refractivity contribution in [1.82, 2.24) is 9.80 Å². The van der Waals surface area contributed by atoms with E-state index in [1.807, 2.05) is 0 Å². The molecule has 0 aromatic carbocycles. The van der Waals surface area contributed by atoms with E-state index >= 15 is 0 Å². The summed E-state index contributed by atoms with van der Waals surface area (Å²) >= 11 is 0. The number of rotatable bonds is 3. The molecule has 2 aliphatic rings. The lowest BCUT2D eigenvalue weighted by Crippen LogP contribution is -2.53. The van der Waals surface area contributed by atoms with Gasteiger partial charge in [-0.3, -0.25) is 4.79 Å². The Bertz CT molecular complexity index is 263. The summed E-state index contributed by atoms with van der Waals surface area (Å²) in [6, 6.07) is 0.625. The van der Waals surface area contributed by atoms with Gasteiger partial charge in [-0.1, -0.05) is 6.92 Å². The van der Waals surface area contributed by atoms with Gasteiger partial charge >= 0.3 is 0 Å². The zero-order valence-corrected chi connectivity index (χ0v) is 11.5. The first kappa shape index (κ1) is 12.9. The summed E-state index contributed by atoms with van der Waals surface area (Å²) in [5, 5.41) is 0. The van der Waals surface area contributed by atoms with Crippen molar-refractivity contribution in [2.24, 2.45) is 11.8 Å². The van der Waals surface area contributed by atoms with Crippen LogP contribution in [0.1, 0.15) is 40.0 Å². The van der Waals surface area contributed by atoms with Crippen molar-refractivity contribution < 1.29 is 4.79 Å². The van der Waals surface area contributed by atoms with E-state index in [1.165, 1.54) is 6.42 Å². The third kappa shape index (κ3) is 2.82. The van der Waals surface area contributed by atoms with Crippen LogP contribution >= 0.6 is 0 Å². The first-order chi connectivity index (χ1) is 8.11. The highest BCUT2D eigenvalue weighted by molar-refractivity contribution is 5.79. The van der Waals surface area contributed by atoms with Gasteiger partial charge in [-0.25, -0.2) is 0 Å². The third-order valence-electron chi connectivity index (χ3n) is 4.46. The molecule has 0 aliphatic carbocycles. The number of amides is 1. The summed E-state index contributed by atoms with van der Waals surface area (Å²) in [4.78, 5) is 16.8. The average molecular weight is 238 g/mol. The van der Waals surface area contributed by atoms with Gasteiger partial charge in [0.25, 0.3) is 0 Å². The summed E-state index contributed by atoms with van der Waals surface area (Å²) in [6.45, 7) is 10.9. The van der Waals surface area contributed by atoms with Crippen molar-refractivity contribution in [2.45, 2.75) is 46.1 Å². The molecule has 0 saturated carbocycles. The van der Waals surface area contributed by atoms with Crippen molar-refractivity contribution >= 4 is 5.91 Å². The van der Waals surface area contributed by atoms with Crippen LogP contribution in [0.2, 0.25) is 0 Å². The van der Waals surface area contributed by atoms with E-state index in [4.69, 9.17) is 0 Å². The van der Waals surface area contributed by atoms with Crippen molar-refractivity contribution in [3.05, 3.63) is 0 Å². The predicted octanol–water partition coefficient (Wildman–Crippen LogP) is 1.98. The molecule has 2 rings (SSSR count). The minimum atomic E-state index is 0.308. The number of hydrogen-bond acceptors (Lipinski definition) is 2.